The third-order valence-corrected chi connectivity index (χ3v) is 3.62. The van der Waals surface area contributed by atoms with Crippen LogP contribution in [0.1, 0.15) is 30.1 Å². The van der Waals surface area contributed by atoms with Crippen LogP contribution < -0.4 is 5.32 Å². The van der Waals surface area contributed by atoms with E-state index in [4.69, 9.17) is 16.1 Å². The first kappa shape index (κ1) is 12.6. The van der Waals surface area contributed by atoms with Gasteiger partial charge < -0.3 is 9.84 Å². The summed E-state index contributed by atoms with van der Waals surface area (Å²) in [5, 5.41) is 8.20. The molecular weight excluding hydrogens is 262 g/mol. The fourth-order valence-electron chi connectivity index (χ4n) is 2.37. The highest BCUT2D eigenvalue weighted by molar-refractivity contribution is 6.30. The fourth-order valence-corrected chi connectivity index (χ4v) is 2.50. The first-order valence-electron chi connectivity index (χ1n) is 6.59. The Hall–Kier alpha value is -1.39. The van der Waals surface area contributed by atoms with Gasteiger partial charge in [-0.15, -0.1) is 0 Å². The highest BCUT2D eigenvalue weighted by Crippen LogP contribution is 2.14. The van der Waals surface area contributed by atoms with Crippen LogP contribution >= 0.6 is 11.6 Å². The van der Waals surface area contributed by atoms with Crippen molar-refractivity contribution < 1.29 is 4.52 Å². The molecule has 1 saturated heterocycles. The van der Waals surface area contributed by atoms with E-state index < -0.39 is 0 Å². The van der Waals surface area contributed by atoms with Gasteiger partial charge in [-0.05, 0) is 37.1 Å². The highest BCUT2D eigenvalue weighted by atomic mass is 35.5. The zero-order chi connectivity index (χ0) is 13.1. The molecule has 0 radical (unpaired) electrons. The number of nitrogens with one attached hydrogen (secondary N) is 1. The molecule has 1 aliphatic rings. The van der Waals surface area contributed by atoms with Crippen molar-refractivity contribution in [1.82, 2.24) is 15.5 Å². The van der Waals surface area contributed by atoms with Crippen LogP contribution in [0, 0.1) is 0 Å². The van der Waals surface area contributed by atoms with E-state index in [9.17, 15) is 0 Å². The number of halogens is 1. The summed E-state index contributed by atoms with van der Waals surface area (Å²) in [6.45, 7) is 1.09. The molecule has 0 saturated carbocycles. The van der Waals surface area contributed by atoms with Crippen LogP contribution in [0.4, 0.5) is 0 Å². The van der Waals surface area contributed by atoms with Gasteiger partial charge in [0.25, 0.3) is 0 Å². The molecule has 2 heterocycles. The molecule has 0 bridgehead atoms. The molecule has 0 aliphatic carbocycles. The Morgan fingerprint density at radius 1 is 1.32 bits per heavy atom. The third-order valence-electron chi connectivity index (χ3n) is 3.37. The summed E-state index contributed by atoms with van der Waals surface area (Å²) in [6.07, 6.45) is 3.93. The summed E-state index contributed by atoms with van der Waals surface area (Å²) < 4.78 is 5.30. The Morgan fingerprint density at radius 3 is 2.89 bits per heavy atom. The largest absolute Gasteiger partial charge is 0.339 e. The molecule has 2 aromatic rings. The quantitative estimate of drug-likeness (QED) is 0.933. The van der Waals surface area contributed by atoms with E-state index in [0.717, 1.165) is 35.3 Å². The van der Waals surface area contributed by atoms with Crippen LogP contribution in [0.5, 0.6) is 0 Å². The molecule has 1 fully saturated rings. The van der Waals surface area contributed by atoms with E-state index in [-0.39, 0.29) is 0 Å². The summed E-state index contributed by atoms with van der Waals surface area (Å²) >= 11 is 5.86. The van der Waals surface area contributed by atoms with Crippen molar-refractivity contribution in [2.24, 2.45) is 0 Å². The fraction of sp³-hybridized carbons (Fsp3) is 0.429. The maximum Gasteiger partial charge on any atom is 0.228 e. The highest BCUT2D eigenvalue weighted by Gasteiger charge is 2.18. The van der Waals surface area contributed by atoms with E-state index in [1.807, 2.05) is 24.3 Å². The summed E-state index contributed by atoms with van der Waals surface area (Å²) in [7, 11) is 0. The second-order valence-electron chi connectivity index (χ2n) is 4.90. The lowest BCUT2D eigenvalue weighted by molar-refractivity contribution is 0.360. The number of hydrogen-bond acceptors (Lipinski definition) is 4. The Kier molecular flexibility index (Phi) is 3.80. The van der Waals surface area contributed by atoms with E-state index in [1.54, 1.807) is 0 Å². The standard InChI is InChI=1S/C14H16ClN3O/c15-11-5-3-10(4-6-11)8-13-17-14(19-18-13)9-12-2-1-7-16-12/h3-6,12,16H,1-2,7-9H2. The van der Waals surface area contributed by atoms with E-state index in [0.29, 0.717) is 12.5 Å². The van der Waals surface area contributed by atoms with Crippen molar-refractivity contribution in [3.63, 3.8) is 0 Å². The Labute approximate surface area is 117 Å². The SMILES string of the molecule is Clc1ccc(Cc2noc(CC3CCCN3)n2)cc1. The average Bonchev–Trinajstić information content (AvgIpc) is 3.05. The van der Waals surface area contributed by atoms with E-state index in [1.165, 1.54) is 12.8 Å². The summed E-state index contributed by atoms with van der Waals surface area (Å²) in [6, 6.07) is 8.21. The Bertz CT molecular complexity index is 532. The maximum absolute atomic E-state index is 5.86. The summed E-state index contributed by atoms with van der Waals surface area (Å²) in [5.74, 6) is 1.46. The van der Waals surface area contributed by atoms with Gasteiger partial charge in [-0.25, -0.2) is 0 Å². The van der Waals surface area contributed by atoms with Crippen LogP contribution in [0.2, 0.25) is 5.02 Å². The lowest BCUT2D eigenvalue weighted by Crippen LogP contribution is -2.23. The minimum Gasteiger partial charge on any atom is -0.339 e. The zero-order valence-electron chi connectivity index (χ0n) is 10.6. The normalized spacial score (nSPS) is 18.9. The van der Waals surface area contributed by atoms with Gasteiger partial charge in [0.2, 0.25) is 5.89 Å². The monoisotopic (exact) mass is 277 g/mol. The number of nitrogens with zero attached hydrogens (tertiary/aromatic N) is 2. The smallest absolute Gasteiger partial charge is 0.228 e. The summed E-state index contributed by atoms with van der Waals surface area (Å²) in [5.41, 5.74) is 1.13. The average molecular weight is 278 g/mol. The molecule has 100 valence electrons. The number of hydrogen-bond donors (Lipinski definition) is 1. The Morgan fingerprint density at radius 2 is 2.16 bits per heavy atom. The predicted molar refractivity (Wildman–Crippen MR) is 73.3 cm³/mol. The van der Waals surface area contributed by atoms with Crippen molar-refractivity contribution in [3.8, 4) is 0 Å². The molecule has 1 aromatic carbocycles. The number of benzene rings is 1. The lowest BCUT2D eigenvalue weighted by atomic mass is 10.1. The van der Waals surface area contributed by atoms with Crippen LogP contribution in [-0.2, 0) is 12.8 Å². The van der Waals surface area contributed by atoms with Crippen molar-refractivity contribution in [2.45, 2.75) is 31.7 Å². The molecule has 0 amide bonds. The van der Waals surface area contributed by atoms with Crippen molar-refractivity contribution in [1.29, 1.82) is 0 Å². The van der Waals surface area contributed by atoms with E-state index >= 15 is 0 Å². The second-order valence-corrected chi connectivity index (χ2v) is 5.34. The van der Waals surface area contributed by atoms with Gasteiger partial charge in [-0.2, -0.15) is 4.98 Å². The van der Waals surface area contributed by atoms with Gasteiger partial charge in [0.1, 0.15) is 0 Å². The Balaban J connectivity index is 1.62. The molecule has 19 heavy (non-hydrogen) atoms. The molecule has 5 heteroatoms. The van der Waals surface area contributed by atoms with Gasteiger partial charge in [0, 0.05) is 23.9 Å². The van der Waals surface area contributed by atoms with E-state index in [2.05, 4.69) is 15.5 Å². The lowest BCUT2D eigenvalue weighted by Gasteiger charge is -2.04. The molecule has 3 rings (SSSR count). The van der Waals surface area contributed by atoms with Crippen molar-refractivity contribution >= 4 is 11.6 Å². The van der Waals surface area contributed by atoms with Gasteiger partial charge in [-0.3, -0.25) is 0 Å². The number of rotatable bonds is 4. The molecule has 4 nitrogen and oxygen atoms in total. The molecule has 1 aromatic heterocycles. The van der Waals surface area contributed by atoms with Crippen molar-refractivity contribution in [3.05, 3.63) is 46.6 Å². The molecular formula is C14H16ClN3O. The predicted octanol–water partition coefficient (Wildman–Crippen LogP) is 2.61. The summed E-state index contributed by atoms with van der Waals surface area (Å²) in [4.78, 5) is 4.44. The molecule has 0 spiro atoms. The zero-order valence-corrected chi connectivity index (χ0v) is 11.4. The molecule has 1 aliphatic heterocycles. The molecule has 1 unspecified atom stereocenters. The molecule has 1 atom stereocenters. The molecule has 1 N–H and O–H groups in total. The van der Waals surface area contributed by atoms with Crippen LogP contribution in [0.25, 0.3) is 0 Å². The van der Waals surface area contributed by atoms with Crippen LogP contribution in [0.15, 0.2) is 28.8 Å². The van der Waals surface area contributed by atoms with Crippen LogP contribution in [0.3, 0.4) is 0 Å². The maximum atomic E-state index is 5.86. The van der Waals surface area contributed by atoms with Gasteiger partial charge >= 0.3 is 0 Å². The van der Waals surface area contributed by atoms with Gasteiger partial charge in [-0.1, -0.05) is 28.9 Å². The second kappa shape index (κ2) is 5.72. The first-order chi connectivity index (χ1) is 9.29. The third kappa shape index (κ3) is 3.33. The van der Waals surface area contributed by atoms with Crippen LogP contribution in [-0.4, -0.2) is 22.7 Å². The van der Waals surface area contributed by atoms with Gasteiger partial charge in [0.05, 0.1) is 0 Å². The first-order valence-corrected chi connectivity index (χ1v) is 6.97. The topological polar surface area (TPSA) is 51.0 Å². The minimum absolute atomic E-state index is 0.490. The number of aromatic nitrogens is 2. The van der Waals surface area contributed by atoms with Crippen molar-refractivity contribution in [2.75, 3.05) is 6.54 Å². The van der Waals surface area contributed by atoms with Gasteiger partial charge in [0.15, 0.2) is 5.82 Å². The minimum atomic E-state index is 0.490.